The smallest absolute Gasteiger partial charge is 0.756 e. The van der Waals surface area contributed by atoms with Crippen molar-refractivity contribution in [2.75, 3.05) is 39.6 Å². The Morgan fingerprint density at radius 3 is 0.242 bits per heavy atom. The first-order valence-electron chi connectivity index (χ1n) is 56.2. The van der Waals surface area contributed by atoms with Gasteiger partial charge in [-0.2, -0.15) is 0 Å². The number of rotatable bonds is 108. The largest absolute Gasteiger partial charge is 3.00 e. The summed E-state index contributed by atoms with van der Waals surface area (Å²) < 4.78 is 66.1. The Morgan fingerprint density at radius 2 is 0.177 bits per heavy atom. The maximum absolute atomic E-state index is 11.9. The molecule has 0 aliphatic rings. The second-order valence-electron chi connectivity index (χ2n) is 38.2. The van der Waals surface area contributed by atoms with Crippen LogP contribution in [0.2, 0.25) is 0 Å². The minimum absolute atomic E-state index is 0. The van der Waals surface area contributed by atoms with Crippen LogP contribution in [-0.2, 0) is 40.8 Å². The Hall–Kier alpha value is 0.862. The topological polar surface area (TPSA) is 176 Å². The van der Waals surface area contributed by atoms with E-state index < -0.39 is 23.5 Å². The summed E-state index contributed by atoms with van der Waals surface area (Å²) in [5, 5.41) is 0. The molecule has 0 aromatic heterocycles. The molecule has 0 aromatic carbocycles. The standard InChI is InChI=1S/3C36H75O4P.Al/c3*1-3-5-7-9-11-13-15-17-19-21-23-25-27-29-31-33-35-39-41(37,38)40-36-34-32-30-28-26-24-22-20-18-16-14-12-10-8-6-4-2;/h3*3-36H2,1-2H3,(H,37,38);/q;;;+3/p-3. The predicted molar refractivity (Wildman–Crippen MR) is 542 cm³/mol. The molecule has 0 radical (unpaired) electrons. The summed E-state index contributed by atoms with van der Waals surface area (Å²) in [5.74, 6) is 0. The molecule has 0 N–H and O–H groups in total. The molecule has 12 nitrogen and oxygen atoms in total. The molecule has 744 valence electrons. The van der Waals surface area contributed by atoms with Crippen LogP contribution in [0.4, 0.5) is 0 Å². The van der Waals surface area contributed by atoms with Crippen LogP contribution in [-0.4, -0.2) is 57.0 Å². The molecule has 0 spiro atoms. The molecule has 124 heavy (non-hydrogen) atoms. The van der Waals surface area contributed by atoms with E-state index >= 15 is 0 Å². The molecular formula is C108H222AlO12P3. The van der Waals surface area contributed by atoms with Crippen LogP contribution in [0.15, 0.2) is 0 Å². The van der Waals surface area contributed by atoms with Gasteiger partial charge in [0, 0.05) is 0 Å². The van der Waals surface area contributed by atoms with Gasteiger partial charge in [0.15, 0.2) is 0 Å². The minimum Gasteiger partial charge on any atom is -0.756 e. The van der Waals surface area contributed by atoms with Crippen molar-refractivity contribution in [3.63, 3.8) is 0 Å². The molecule has 0 fully saturated rings. The summed E-state index contributed by atoms with van der Waals surface area (Å²) in [6.07, 6.45) is 126. The van der Waals surface area contributed by atoms with Gasteiger partial charge in [-0.3, -0.25) is 13.7 Å². The average molecular weight is 1830 g/mol. The monoisotopic (exact) mass is 1830 g/mol. The van der Waals surface area contributed by atoms with E-state index in [4.69, 9.17) is 27.1 Å². The molecule has 0 heterocycles. The third-order valence-corrected chi connectivity index (χ3v) is 28.5. The van der Waals surface area contributed by atoms with Crippen molar-refractivity contribution in [1.82, 2.24) is 0 Å². The van der Waals surface area contributed by atoms with Crippen molar-refractivity contribution in [2.24, 2.45) is 0 Å². The average Bonchev–Trinajstić information content (AvgIpc) is 0.950. The summed E-state index contributed by atoms with van der Waals surface area (Å²) >= 11 is 0. The first kappa shape index (κ1) is 131. The van der Waals surface area contributed by atoms with Gasteiger partial charge in [0.05, 0.1) is 39.6 Å². The van der Waals surface area contributed by atoms with E-state index in [1.165, 1.54) is 539 Å². The van der Waals surface area contributed by atoms with Crippen LogP contribution in [0.5, 0.6) is 0 Å². The van der Waals surface area contributed by atoms with Gasteiger partial charge in [0.1, 0.15) is 0 Å². The van der Waals surface area contributed by atoms with E-state index in [1.54, 1.807) is 0 Å². The van der Waals surface area contributed by atoms with Crippen LogP contribution >= 0.6 is 23.5 Å². The fraction of sp³-hybridized carbons (Fsp3) is 1.00. The number of unbranched alkanes of at least 4 members (excludes halogenated alkanes) is 90. The Balaban J connectivity index is -0.000000867. The van der Waals surface area contributed by atoms with Gasteiger partial charge in [0.2, 0.25) is 0 Å². The van der Waals surface area contributed by atoms with Gasteiger partial charge in [-0.1, -0.05) is 619 Å². The molecule has 0 aromatic rings. The third-order valence-electron chi connectivity index (χ3n) is 25.5. The molecule has 0 aliphatic heterocycles. The second kappa shape index (κ2) is 116. The van der Waals surface area contributed by atoms with E-state index in [9.17, 15) is 28.4 Å². The first-order valence-corrected chi connectivity index (χ1v) is 60.5. The molecular weight excluding hydrogens is 1610 g/mol. The van der Waals surface area contributed by atoms with E-state index in [0.29, 0.717) is 0 Å². The third kappa shape index (κ3) is 125. The Morgan fingerprint density at radius 1 is 0.121 bits per heavy atom. The molecule has 0 amide bonds. The molecule has 0 bridgehead atoms. The second-order valence-corrected chi connectivity index (χ2v) is 42.4. The van der Waals surface area contributed by atoms with E-state index in [1.807, 2.05) is 0 Å². The van der Waals surface area contributed by atoms with Gasteiger partial charge in [-0.15, -0.1) is 0 Å². The van der Waals surface area contributed by atoms with Gasteiger partial charge in [-0.25, -0.2) is 0 Å². The summed E-state index contributed by atoms with van der Waals surface area (Å²) in [7, 11) is -12.4. The van der Waals surface area contributed by atoms with Crippen LogP contribution < -0.4 is 14.7 Å². The number of phosphoric ester groups is 3. The zero-order valence-corrected chi connectivity index (χ0v) is 88.8. The fourth-order valence-corrected chi connectivity index (χ4v) is 19.4. The number of hydrogen-bond acceptors (Lipinski definition) is 12. The summed E-state index contributed by atoms with van der Waals surface area (Å²) in [6.45, 7) is 15.2. The molecule has 0 aliphatic carbocycles. The van der Waals surface area contributed by atoms with E-state index in [2.05, 4.69) is 41.5 Å². The summed E-state index contributed by atoms with van der Waals surface area (Å²) in [4.78, 5) is 35.8. The van der Waals surface area contributed by atoms with E-state index in [0.717, 1.165) is 77.0 Å². The zero-order chi connectivity index (χ0) is 89.9. The number of phosphoric acid groups is 3. The van der Waals surface area contributed by atoms with Crippen molar-refractivity contribution in [3.8, 4) is 0 Å². The number of hydrogen-bond donors (Lipinski definition) is 0. The van der Waals surface area contributed by atoms with Crippen LogP contribution in [0.3, 0.4) is 0 Å². The normalized spacial score (nSPS) is 11.9. The van der Waals surface area contributed by atoms with Gasteiger partial charge < -0.3 is 41.8 Å². The minimum atomic E-state index is -4.12. The molecule has 0 rings (SSSR count). The van der Waals surface area contributed by atoms with Crippen molar-refractivity contribution >= 4 is 40.8 Å². The Labute approximate surface area is 788 Å². The summed E-state index contributed by atoms with van der Waals surface area (Å²) in [5.41, 5.74) is 0. The predicted octanol–water partition coefficient (Wildman–Crippen LogP) is 38.7. The molecule has 0 saturated carbocycles. The first-order chi connectivity index (χ1) is 60.4. The van der Waals surface area contributed by atoms with Gasteiger partial charge >= 0.3 is 17.4 Å². The molecule has 16 heteroatoms. The molecule has 0 saturated heterocycles. The Kier molecular flexibility index (Phi) is 123. The molecule has 0 unspecified atom stereocenters. The zero-order valence-electron chi connectivity index (χ0n) is 84.9. The van der Waals surface area contributed by atoms with Crippen molar-refractivity contribution < 1.29 is 55.5 Å². The summed E-state index contributed by atoms with van der Waals surface area (Å²) in [6, 6.07) is 0. The van der Waals surface area contributed by atoms with Crippen LogP contribution in [0.25, 0.3) is 0 Å². The Bertz CT molecular complexity index is 1680. The van der Waals surface area contributed by atoms with Gasteiger partial charge in [-0.05, 0) is 38.5 Å². The quantitative estimate of drug-likeness (QED) is 0.0320. The van der Waals surface area contributed by atoms with Crippen molar-refractivity contribution in [3.05, 3.63) is 0 Å². The van der Waals surface area contributed by atoms with Crippen molar-refractivity contribution in [2.45, 2.75) is 658 Å². The van der Waals surface area contributed by atoms with E-state index in [-0.39, 0.29) is 57.0 Å². The molecule has 0 atom stereocenters. The maximum atomic E-state index is 11.9. The maximum Gasteiger partial charge on any atom is 3.00 e. The van der Waals surface area contributed by atoms with Gasteiger partial charge in [0.25, 0.3) is 23.5 Å². The SMILES string of the molecule is CCCCCCCCCCCCCCCCCCOP(=O)([O-])OCCCCCCCCCCCCCCCCCC.CCCCCCCCCCCCCCCCCCOP(=O)([O-])OCCCCCCCCCCCCCCCCCC.CCCCCCCCCCCCCCCCCCOP(=O)([O-])OCCCCCCCCCCCCCCCCCC.[Al+3]. The van der Waals surface area contributed by atoms with Crippen molar-refractivity contribution in [1.29, 1.82) is 0 Å². The van der Waals surface area contributed by atoms with Crippen LogP contribution in [0, 0.1) is 0 Å². The fourth-order valence-electron chi connectivity index (χ4n) is 17.1. The van der Waals surface area contributed by atoms with Crippen LogP contribution in [0.1, 0.15) is 658 Å².